The molecule has 2 heterocycles. The van der Waals surface area contributed by atoms with Gasteiger partial charge in [-0.3, -0.25) is 0 Å². The highest BCUT2D eigenvalue weighted by Crippen LogP contribution is 2.32. The number of ether oxygens (including phenoxy) is 2. The minimum absolute atomic E-state index is 0.152. The van der Waals surface area contributed by atoms with Crippen LogP contribution in [-0.2, 0) is 10.0 Å². The summed E-state index contributed by atoms with van der Waals surface area (Å²) in [6, 6.07) is 11.9. The summed E-state index contributed by atoms with van der Waals surface area (Å²) in [5.41, 5.74) is 1.82. The number of benzene rings is 2. The molecule has 1 atom stereocenters. The number of sulfonamides is 1. The second-order valence-electron chi connectivity index (χ2n) is 6.56. The normalized spacial score (nSPS) is 15.0. The van der Waals surface area contributed by atoms with E-state index in [0.717, 1.165) is 17.7 Å². The molecule has 2 aromatic carbocycles. The average molecular weight is 399 g/mol. The van der Waals surface area contributed by atoms with E-state index in [1.165, 1.54) is 12.1 Å². The molecule has 3 aromatic rings. The van der Waals surface area contributed by atoms with Crippen molar-refractivity contribution in [2.45, 2.75) is 24.3 Å². The fourth-order valence-corrected chi connectivity index (χ4v) is 4.27. The van der Waals surface area contributed by atoms with Crippen LogP contribution in [0, 0.1) is 0 Å². The summed E-state index contributed by atoms with van der Waals surface area (Å²) in [6.07, 6.45) is 6.04. The van der Waals surface area contributed by atoms with Gasteiger partial charge in [0.15, 0.2) is 11.5 Å². The standard InChI is InChI=1S/C20H21N3O4S/c1-15(16-3-5-17(6-4-16)23-10-9-21-14-23)22-28(24,25)18-7-8-19-20(13-18)27-12-2-11-26-19/h3-10,13-15,22H,2,11-12H2,1H3/t15-/m0/s1. The van der Waals surface area contributed by atoms with Crippen LogP contribution in [-0.4, -0.2) is 31.2 Å². The van der Waals surface area contributed by atoms with Gasteiger partial charge in [0.25, 0.3) is 0 Å². The van der Waals surface area contributed by atoms with Crippen LogP contribution in [0.4, 0.5) is 0 Å². The van der Waals surface area contributed by atoms with Crippen LogP contribution in [0.5, 0.6) is 11.5 Å². The van der Waals surface area contributed by atoms with E-state index in [1.54, 1.807) is 18.6 Å². The molecule has 0 bridgehead atoms. The predicted octanol–water partition coefficient (Wildman–Crippen LogP) is 3.07. The zero-order chi connectivity index (χ0) is 19.6. The van der Waals surface area contributed by atoms with Gasteiger partial charge >= 0.3 is 0 Å². The predicted molar refractivity (Wildman–Crippen MR) is 104 cm³/mol. The third-order valence-corrected chi connectivity index (χ3v) is 6.10. The fraction of sp³-hybridized carbons (Fsp3) is 0.250. The van der Waals surface area contributed by atoms with E-state index in [-0.39, 0.29) is 4.90 Å². The Balaban J connectivity index is 1.52. The molecular formula is C20H21N3O4S. The van der Waals surface area contributed by atoms with E-state index in [0.29, 0.717) is 24.7 Å². The third-order valence-electron chi connectivity index (χ3n) is 4.56. The Morgan fingerprint density at radius 3 is 2.54 bits per heavy atom. The average Bonchev–Trinajstić information content (AvgIpc) is 3.13. The molecule has 146 valence electrons. The van der Waals surface area contributed by atoms with E-state index in [9.17, 15) is 8.42 Å². The minimum atomic E-state index is -3.71. The summed E-state index contributed by atoms with van der Waals surface area (Å²) < 4.78 is 41.4. The highest BCUT2D eigenvalue weighted by Gasteiger charge is 2.21. The molecule has 1 aromatic heterocycles. The Bertz CT molecular complexity index is 1050. The highest BCUT2D eigenvalue weighted by atomic mass is 32.2. The van der Waals surface area contributed by atoms with Crippen molar-refractivity contribution in [3.05, 3.63) is 66.7 Å². The second-order valence-corrected chi connectivity index (χ2v) is 8.28. The maximum atomic E-state index is 12.8. The molecule has 0 fully saturated rings. The zero-order valence-electron chi connectivity index (χ0n) is 15.4. The van der Waals surface area contributed by atoms with Crippen LogP contribution in [0.2, 0.25) is 0 Å². The lowest BCUT2D eigenvalue weighted by Gasteiger charge is -2.16. The number of nitrogens with zero attached hydrogens (tertiary/aromatic N) is 2. The Morgan fingerprint density at radius 1 is 1.07 bits per heavy atom. The third kappa shape index (κ3) is 3.88. The SMILES string of the molecule is C[C@H](NS(=O)(=O)c1ccc2c(c1)OCCCO2)c1ccc(-n2ccnc2)cc1. The number of imidazole rings is 1. The number of nitrogens with one attached hydrogen (secondary N) is 1. The quantitative estimate of drug-likeness (QED) is 0.713. The minimum Gasteiger partial charge on any atom is -0.490 e. The Kier molecular flexibility index (Phi) is 5.06. The smallest absolute Gasteiger partial charge is 0.241 e. The van der Waals surface area contributed by atoms with Gasteiger partial charge in [-0.1, -0.05) is 12.1 Å². The van der Waals surface area contributed by atoms with Crippen molar-refractivity contribution in [3.8, 4) is 17.2 Å². The number of rotatable bonds is 5. The summed E-state index contributed by atoms with van der Waals surface area (Å²) in [7, 11) is -3.71. The lowest BCUT2D eigenvalue weighted by molar-refractivity contribution is 0.297. The van der Waals surface area contributed by atoms with Gasteiger partial charge in [-0.05, 0) is 36.8 Å². The maximum Gasteiger partial charge on any atom is 0.241 e. The monoisotopic (exact) mass is 399 g/mol. The Hall–Kier alpha value is -2.84. The molecule has 0 spiro atoms. The van der Waals surface area contributed by atoms with Gasteiger partial charge in [0.1, 0.15) is 0 Å². The molecule has 7 nitrogen and oxygen atoms in total. The first-order valence-electron chi connectivity index (χ1n) is 9.03. The largest absolute Gasteiger partial charge is 0.490 e. The molecule has 0 saturated carbocycles. The van der Waals surface area contributed by atoms with E-state index in [2.05, 4.69) is 9.71 Å². The molecule has 1 aliphatic rings. The lowest BCUT2D eigenvalue weighted by atomic mass is 10.1. The first-order chi connectivity index (χ1) is 13.5. The number of hydrogen-bond acceptors (Lipinski definition) is 5. The fourth-order valence-electron chi connectivity index (χ4n) is 3.03. The molecule has 1 N–H and O–H groups in total. The van der Waals surface area contributed by atoms with Crippen LogP contribution in [0.15, 0.2) is 66.1 Å². The topological polar surface area (TPSA) is 82.5 Å². The summed E-state index contributed by atoms with van der Waals surface area (Å²) in [4.78, 5) is 4.18. The van der Waals surface area contributed by atoms with Crippen molar-refractivity contribution >= 4 is 10.0 Å². The number of fused-ring (bicyclic) bond motifs is 1. The molecule has 0 saturated heterocycles. The van der Waals surface area contributed by atoms with E-state index < -0.39 is 16.1 Å². The Labute approximate surface area is 164 Å². The van der Waals surface area contributed by atoms with Crippen molar-refractivity contribution in [3.63, 3.8) is 0 Å². The molecule has 0 aliphatic carbocycles. The van der Waals surface area contributed by atoms with Gasteiger partial charge < -0.3 is 14.0 Å². The van der Waals surface area contributed by atoms with Crippen LogP contribution in [0.3, 0.4) is 0 Å². The first-order valence-corrected chi connectivity index (χ1v) is 10.5. The number of aromatic nitrogens is 2. The first kappa shape index (κ1) is 18.5. The van der Waals surface area contributed by atoms with Gasteiger partial charge in [-0.15, -0.1) is 0 Å². The lowest BCUT2D eigenvalue weighted by Crippen LogP contribution is -2.27. The molecule has 0 radical (unpaired) electrons. The van der Waals surface area contributed by atoms with E-state index >= 15 is 0 Å². The Morgan fingerprint density at radius 2 is 1.82 bits per heavy atom. The van der Waals surface area contributed by atoms with E-state index in [1.807, 2.05) is 42.0 Å². The summed E-state index contributed by atoms with van der Waals surface area (Å²) in [5.74, 6) is 1.03. The summed E-state index contributed by atoms with van der Waals surface area (Å²) in [6.45, 7) is 2.87. The van der Waals surface area contributed by atoms with Gasteiger partial charge in [0, 0.05) is 36.6 Å². The van der Waals surface area contributed by atoms with Crippen molar-refractivity contribution in [2.75, 3.05) is 13.2 Å². The van der Waals surface area contributed by atoms with Crippen molar-refractivity contribution < 1.29 is 17.9 Å². The molecule has 0 amide bonds. The van der Waals surface area contributed by atoms with Gasteiger partial charge in [0.2, 0.25) is 10.0 Å². The molecule has 28 heavy (non-hydrogen) atoms. The highest BCUT2D eigenvalue weighted by molar-refractivity contribution is 7.89. The van der Waals surface area contributed by atoms with Crippen molar-refractivity contribution in [2.24, 2.45) is 0 Å². The van der Waals surface area contributed by atoms with Gasteiger partial charge in [0.05, 0.1) is 24.4 Å². The molecule has 4 rings (SSSR count). The van der Waals surface area contributed by atoms with Crippen molar-refractivity contribution in [1.29, 1.82) is 0 Å². The molecule has 8 heteroatoms. The molecule has 0 unspecified atom stereocenters. The van der Waals surface area contributed by atoms with Crippen LogP contribution in [0.25, 0.3) is 5.69 Å². The van der Waals surface area contributed by atoms with Crippen LogP contribution >= 0.6 is 0 Å². The van der Waals surface area contributed by atoms with Gasteiger partial charge in [-0.2, -0.15) is 0 Å². The molecular weight excluding hydrogens is 378 g/mol. The van der Waals surface area contributed by atoms with Crippen LogP contribution in [0.1, 0.15) is 24.9 Å². The number of hydrogen-bond donors (Lipinski definition) is 1. The summed E-state index contributed by atoms with van der Waals surface area (Å²) >= 11 is 0. The van der Waals surface area contributed by atoms with Gasteiger partial charge in [-0.25, -0.2) is 18.1 Å². The van der Waals surface area contributed by atoms with Crippen molar-refractivity contribution in [1.82, 2.24) is 14.3 Å². The van der Waals surface area contributed by atoms with Crippen LogP contribution < -0.4 is 14.2 Å². The maximum absolute atomic E-state index is 12.8. The summed E-state index contributed by atoms with van der Waals surface area (Å²) in [5, 5.41) is 0. The van der Waals surface area contributed by atoms with E-state index in [4.69, 9.17) is 9.47 Å². The molecule has 1 aliphatic heterocycles. The second kappa shape index (κ2) is 7.65. The zero-order valence-corrected chi connectivity index (χ0v) is 16.2.